The molecular formula is C14H16ClN3O2. The maximum atomic E-state index is 11.8. The normalized spacial score (nSPS) is 14.2. The van der Waals surface area contributed by atoms with E-state index in [1.807, 2.05) is 0 Å². The smallest absolute Gasteiger partial charge is 0.252 e. The molecule has 1 aromatic rings. The third kappa shape index (κ3) is 4.35. The minimum absolute atomic E-state index is 0.0735. The van der Waals surface area contributed by atoms with Gasteiger partial charge in [0.05, 0.1) is 0 Å². The van der Waals surface area contributed by atoms with E-state index in [4.69, 9.17) is 11.6 Å². The highest BCUT2D eigenvalue weighted by Crippen LogP contribution is 2.08. The molecule has 1 aliphatic heterocycles. The Hall–Kier alpha value is -1.88. The summed E-state index contributed by atoms with van der Waals surface area (Å²) in [5.41, 5.74) is 1.45. The molecule has 0 aliphatic carbocycles. The maximum Gasteiger partial charge on any atom is 0.252 e. The molecule has 1 aromatic carbocycles. The molecule has 0 unspecified atom stereocenters. The first-order valence-electron chi connectivity index (χ1n) is 6.52. The van der Waals surface area contributed by atoms with Gasteiger partial charge >= 0.3 is 0 Å². The summed E-state index contributed by atoms with van der Waals surface area (Å²) in [7, 11) is 0. The van der Waals surface area contributed by atoms with E-state index in [1.165, 1.54) is 0 Å². The molecule has 0 bridgehead atoms. The van der Waals surface area contributed by atoms with Crippen molar-refractivity contribution in [1.29, 1.82) is 0 Å². The van der Waals surface area contributed by atoms with Crippen LogP contribution in [-0.2, 0) is 11.2 Å². The zero-order chi connectivity index (χ0) is 14.4. The summed E-state index contributed by atoms with van der Waals surface area (Å²) in [4.78, 5) is 26.9. The molecule has 1 heterocycles. The third-order valence-corrected chi connectivity index (χ3v) is 3.19. The molecule has 0 atom stereocenters. The number of aliphatic imine (C=N–C) groups is 1. The van der Waals surface area contributed by atoms with Crippen LogP contribution in [0.25, 0.3) is 0 Å². The number of hydrogen-bond acceptors (Lipinski definition) is 4. The van der Waals surface area contributed by atoms with Crippen LogP contribution in [0.2, 0.25) is 0 Å². The lowest BCUT2D eigenvalue weighted by Gasteiger charge is -2.14. The summed E-state index contributed by atoms with van der Waals surface area (Å²) in [6.45, 7) is 1.59. The van der Waals surface area contributed by atoms with Crippen LogP contribution < -0.4 is 10.6 Å². The van der Waals surface area contributed by atoms with E-state index >= 15 is 0 Å². The second-order valence-electron chi connectivity index (χ2n) is 4.53. The number of nitrogens with one attached hydrogen (secondary N) is 2. The Labute approximate surface area is 122 Å². The van der Waals surface area contributed by atoms with Crippen LogP contribution >= 0.6 is 11.6 Å². The molecule has 1 amide bonds. The molecule has 1 aliphatic rings. The molecule has 0 fully saturated rings. The van der Waals surface area contributed by atoms with Crippen molar-refractivity contribution in [2.24, 2.45) is 4.99 Å². The number of halogens is 1. The van der Waals surface area contributed by atoms with Crippen LogP contribution in [0.1, 0.15) is 28.8 Å². The van der Waals surface area contributed by atoms with Crippen molar-refractivity contribution in [1.82, 2.24) is 10.6 Å². The van der Waals surface area contributed by atoms with Gasteiger partial charge in [-0.3, -0.25) is 19.9 Å². The van der Waals surface area contributed by atoms with Crippen molar-refractivity contribution in [2.45, 2.75) is 19.3 Å². The number of amides is 1. The SMILES string of the molecule is O=C(CCc1ccc(C(=O)Cl)cc1)NC1=NCCCN1. The summed E-state index contributed by atoms with van der Waals surface area (Å²) in [6.07, 6.45) is 1.97. The highest BCUT2D eigenvalue weighted by atomic mass is 35.5. The van der Waals surface area contributed by atoms with Crippen LogP contribution in [0.5, 0.6) is 0 Å². The van der Waals surface area contributed by atoms with E-state index in [9.17, 15) is 9.59 Å². The lowest BCUT2D eigenvalue weighted by molar-refractivity contribution is -0.119. The van der Waals surface area contributed by atoms with Crippen molar-refractivity contribution in [2.75, 3.05) is 13.1 Å². The van der Waals surface area contributed by atoms with E-state index in [-0.39, 0.29) is 5.91 Å². The standard InChI is InChI=1S/C14H16ClN3O2/c15-13(20)11-5-2-10(3-6-11)4-7-12(19)18-14-16-8-1-9-17-14/h2-3,5-6H,1,4,7-9H2,(H2,16,17,18,19). The van der Waals surface area contributed by atoms with Gasteiger partial charge < -0.3 is 5.32 Å². The summed E-state index contributed by atoms with van der Waals surface area (Å²) in [6, 6.07) is 6.93. The lowest BCUT2D eigenvalue weighted by atomic mass is 10.1. The Bertz CT molecular complexity index is 526. The van der Waals surface area contributed by atoms with E-state index in [1.54, 1.807) is 24.3 Å². The summed E-state index contributed by atoms with van der Waals surface area (Å²) in [5, 5.41) is 5.30. The Morgan fingerprint density at radius 3 is 2.65 bits per heavy atom. The fourth-order valence-corrected chi connectivity index (χ4v) is 2.00. The molecule has 2 N–H and O–H groups in total. The van der Waals surface area contributed by atoms with Crippen LogP contribution in [0.3, 0.4) is 0 Å². The van der Waals surface area contributed by atoms with Gasteiger partial charge in [-0.25, -0.2) is 0 Å². The van der Waals surface area contributed by atoms with Crippen molar-refractivity contribution in [3.8, 4) is 0 Å². The molecule has 0 spiro atoms. The Morgan fingerprint density at radius 1 is 1.30 bits per heavy atom. The van der Waals surface area contributed by atoms with E-state index in [2.05, 4.69) is 15.6 Å². The molecular weight excluding hydrogens is 278 g/mol. The van der Waals surface area contributed by atoms with Gasteiger partial charge in [-0.1, -0.05) is 12.1 Å². The van der Waals surface area contributed by atoms with Gasteiger partial charge in [-0.15, -0.1) is 0 Å². The van der Waals surface area contributed by atoms with Crippen molar-refractivity contribution in [3.63, 3.8) is 0 Å². The van der Waals surface area contributed by atoms with Crippen LogP contribution in [0, 0.1) is 0 Å². The highest BCUT2D eigenvalue weighted by Gasteiger charge is 2.09. The number of hydrogen-bond donors (Lipinski definition) is 2. The molecule has 0 saturated carbocycles. The van der Waals surface area contributed by atoms with Crippen LogP contribution in [-0.4, -0.2) is 30.2 Å². The second-order valence-corrected chi connectivity index (χ2v) is 4.87. The maximum absolute atomic E-state index is 11.8. The Kier molecular flexibility index (Phi) is 5.12. The number of benzene rings is 1. The molecule has 5 nitrogen and oxygen atoms in total. The Morgan fingerprint density at radius 2 is 2.05 bits per heavy atom. The number of carbonyl (C=O) groups excluding carboxylic acids is 2. The van der Waals surface area contributed by atoms with Crippen LogP contribution in [0.15, 0.2) is 29.3 Å². The topological polar surface area (TPSA) is 70.6 Å². The van der Waals surface area contributed by atoms with Crippen molar-refractivity contribution < 1.29 is 9.59 Å². The second kappa shape index (κ2) is 7.05. The first-order valence-corrected chi connectivity index (χ1v) is 6.90. The monoisotopic (exact) mass is 293 g/mol. The molecule has 0 radical (unpaired) electrons. The average Bonchev–Trinajstić information content (AvgIpc) is 2.46. The van der Waals surface area contributed by atoms with Crippen molar-refractivity contribution >= 4 is 28.7 Å². The molecule has 20 heavy (non-hydrogen) atoms. The van der Waals surface area contributed by atoms with E-state index < -0.39 is 5.24 Å². The number of rotatable bonds is 4. The quantitative estimate of drug-likeness (QED) is 0.826. The molecule has 0 aromatic heterocycles. The fourth-order valence-electron chi connectivity index (χ4n) is 1.87. The fraction of sp³-hybridized carbons (Fsp3) is 0.357. The number of guanidine groups is 1. The first-order chi connectivity index (χ1) is 9.65. The van der Waals surface area contributed by atoms with Crippen LogP contribution in [0.4, 0.5) is 0 Å². The van der Waals surface area contributed by atoms with Gasteiger partial charge in [0.1, 0.15) is 0 Å². The zero-order valence-electron chi connectivity index (χ0n) is 11.0. The molecule has 6 heteroatoms. The van der Waals surface area contributed by atoms with Crippen molar-refractivity contribution in [3.05, 3.63) is 35.4 Å². The zero-order valence-corrected chi connectivity index (χ0v) is 11.7. The minimum Gasteiger partial charge on any atom is -0.356 e. The lowest BCUT2D eigenvalue weighted by Crippen LogP contribution is -2.43. The molecule has 0 saturated heterocycles. The van der Waals surface area contributed by atoms with Gasteiger partial charge in [-0.05, 0) is 42.1 Å². The third-order valence-electron chi connectivity index (χ3n) is 2.98. The largest absolute Gasteiger partial charge is 0.356 e. The number of carbonyl (C=O) groups is 2. The predicted molar refractivity (Wildman–Crippen MR) is 78.0 cm³/mol. The van der Waals surface area contributed by atoms with Gasteiger partial charge in [0.2, 0.25) is 5.91 Å². The Balaban J connectivity index is 1.80. The minimum atomic E-state index is -0.476. The summed E-state index contributed by atoms with van der Waals surface area (Å²) in [5.74, 6) is 0.486. The molecule has 2 rings (SSSR count). The first kappa shape index (κ1) is 14.5. The highest BCUT2D eigenvalue weighted by molar-refractivity contribution is 6.67. The van der Waals surface area contributed by atoms with Gasteiger partial charge in [0.15, 0.2) is 5.96 Å². The van der Waals surface area contributed by atoms with E-state index in [0.717, 1.165) is 25.1 Å². The number of aryl methyl sites for hydroxylation is 1. The summed E-state index contributed by atoms with van der Waals surface area (Å²) < 4.78 is 0. The van der Waals surface area contributed by atoms with Gasteiger partial charge in [0, 0.05) is 25.1 Å². The summed E-state index contributed by atoms with van der Waals surface area (Å²) >= 11 is 5.37. The number of nitrogens with zero attached hydrogens (tertiary/aromatic N) is 1. The average molecular weight is 294 g/mol. The molecule has 106 valence electrons. The predicted octanol–water partition coefficient (Wildman–Crippen LogP) is 1.46. The van der Waals surface area contributed by atoms with Gasteiger partial charge in [-0.2, -0.15) is 0 Å². The van der Waals surface area contributed by atoms with Gasteiger partial charge in [0.25, 0.3) is 5.24 Å². The van der Waals surface area contributed by atoms with E-state index in [0.29, 0.717) is 24.4 Å².